The minimum absolute atomic E-state index is 0.101. The lowest BCUT2D eigenvalue weighted by Gasteiger charge is -2.23. The number of fused-ring (bicyclic) bond motifs is 2. The SMILES string of the molecule is COCCn1c(CNC(=O)[C@H](C)N2Cc3ccccc3C2=O)nc2ccccc21. The highest BCUT2D eigenvalue weighted by Gasteiger charge is 2.33. The summed E-state index contributed by atoms with van der Waals surface area (Å²) in [4.78, 5) is 31.7. The number of hydrogen-bond donors (Lipinski definition) is 1. The summed E-state index contributed by atoms with van der Waals surface area (Å²) in [6.07, 6.45) is 0. The van der Waals surface area contributed by atoms with E-state index in [4.69, 9.17) is 4.74 Å². The van der Waals surface area contributed by atoms with E-state index >= 15 is 0 Å². The Bertz CT molecular complexity index is 1060. The second-order valence-corrected chi connectivity index (χ2v) is 7.15. The first-order valence-corrected chi connectivity index (χ1v) is 9.70. The van der Waals surface area contributed by atoms with Gasteiger partial charge >= 0.3 is 0 Å². The summed E-state index contributed by atoms with van der Waals surface area (Å²) < 4.78 is 7.27. The lowest BCUT2D eigenvalue weighted by atomic mass is 10.1. The van der Waals surface area contributed by atoms with E-state index in [1.54, 1.807) is 25.0 Å². The molecule has 29 heavy (non-hydrogen) atoms. The van der Waals surface area contributed by atoms with Crippen LogP contribution in [0.2, 0.25) is 0 Å². The molecule has 1 N–H and O–H groups in total. The number of nitrogens with one attached hydrogen (secondary N) is 1. The summed E-state index contributed by atoms with van der Waals surface area (Å²) in [6, 6.07) is 14.8. The molecule has 1 aliphatic rings. The van der Waals surface area contributed by atoms with Crippen LogP contribution in [0.3, 0.4) is 0 Å². The van der Waals surface area contributed by atoms with Crippen LogP contribution >= 0.6 is 0 Å². The molecule has 2 heterocycles. The molecule has 0 bridgehead atoms. The molecule has 0 radical (unpaired) electrons. The van der Waals surface area contributed by atoms with E-state index in [0.29, 0.717) is 25.3 Å². The summed E-state index contributed by atoms with van der Waals surface area (Å²) in [5, 5.41) is 2.94. The van der Waals surface area contributed by atoms with Crippen molar-refractivity contribution in [2.45, 2.75) is 32.6 Å². The zero-order valence-electron chi connectivity index (χ0n) is 16.6. The van der Waals surface area contributed by atoms with Crippen LogP contribution in [-0.4, -0.2) is 46.0 Å². The maximum Gasteiger partial charge on any atom is 0.255 e. The number of carbonyl (C=O) groups excluding carboxylic acids is 2. The number of nitrogens with zero attached hydrogens (tertiary/aromatic N) is 3. The van der Waals surface area contributed by atoms with Gasteiger partial charge in [0.05, 0.1) is 24.2 Å². The quantitative estimate of drug-likeness (QED) is 0.670. The van der Waals surface area contributed by atoms with Gasteiger partial charge < -0.3 is 19.5 Å². The van der Waals surface area contributed by atoms with Crippen molar-refractivity contribution in [3.05, 3.63) is 65.5 Å². The molecule has 2 aromatic carbocycles. The number of rotatable bonds is 7. The van der Waals surface area contributed by atoms with E-state index in [2.05, 4.69) is 14.9 Å². The highest BCUT2D eigenvalue weighted by molar-refractivity contribution is 6.01. The maximum atomic E-state index is 12.8. The van der Waals surface area contributed by atoms with Crippen LogP contribution in [0, 0.1) is 0 Å². The van der Waals surface area contributed by atoms with Crippen molar-refractivity contribution >= 4 is 22.8 Å². The highest BCUT2D eigenvalue weighted by atomic mass is 16.5. The molecule has 1 atom stereocenters. The minimum Gasteiger partial charge on any atom is -0.383 e. The predicted octanol–water partition coefficient (Wildman–Crippen LogP) is 2.34. The Balaban J connectivity index is 1.47. The Morgan fingerprint density at radius 2 is 1.97 bits per heavy atom. The summed E-state index contributed by atoms with van der Waals surface area (Å²) in [6.45, 7) is 3.70. The van der Waals surface area contributed by atoms with E-state index in [1.807, 2.05) is 42.5 Å². The van der Waals surface area contributed by atoms with Gasteiger partial charge in [0.15, 0.2) is 0 Å². The molecular formula is C22H24N4O3. The zero-order valence-corrected chi connectivity index (χ0v) is 16.6. The fraction of sp³-hybridized carbons (Fsp3) is 0.318. The molecule has 0 spiro atoms. The van der Waals surface area contributed by atoms with Gasteiger partial charge in [-0.15, -0.1) is 0 Å². The van der Waals surface area contributed by atoms with Crippen LogP contribution in [0.4, 0.5) is 0 Å². The van der Waals surface area contributed by atoms with E-state index in [9.17, 15) is 9.59 Å². The van der Waals surface area contributed by atoms with Gasteiger partial charge in [-0.1, -0.05) is 30.3 Å². The third kappa shape index (κ3) is 3.61. The molecule has 0 saturated carbocycles. The van der Waals surface area contributed by atoms with Crippen LogP contribution in [0.1, 0.15) is 28.7 Å². The number of para-hydroxylation sites is 2. The van der Waals surface area contributed by atoms with Gasteiger partial charge in [-0.25, -0.2) is 4.98 Å². The van der Waals surface area contributed by atoms with Crippen molar-refractivity contribution in [3.63, 3.8) is 0 Å². The monoisotopic (exact) mass is 392 g/mol. The summed E-state index contributed by atoms with van der Waals surface area (Å²) in [7, 11) is 1.66. The summed E-state index contributed by atoms with van der Waals surface area (Å²) in [5.74, 6) is 0.465. The Morgan fingerprint density at radius 3 is 2.76 bits per heavy atom. The molecule has 3 aromatic rings. The average molecular weight is 392 g/mol. The second-order valence-electron chi connectivity index (χ2n) is 7.15. The largest absolute Gasteiger partial charge is 0.383 e. The van der Waals surface area contributed by atoms with E-state index in [-0.39, 0.29) is 18.4 Å². The fourth-order valence-electron chi connectivity index (χ4n) is 3.74. The molecule has 0 saturated heterocycles. The molecule has 4 rings (SSSR count). The number of aromatic nitrogens is 2. The highest BCUT2D eigenvalue weighted by Crippen LogP contribution is 2.24. The third-order valence-corrected chi connectivity index (χ3v) is 5.37. The lowest BCUT2D eigenvalue weighted by molar-refractivity contribution is -0.125. The Labute approximate surface area is 169 Å². The fourth-order valence-corrected chi connectivity index (χ4v) is 3.74. The molecule has 0 aliphatic carbocycles. The average Bonchev–Trinajstić information content (AvgIpc) is 3.27. The van der Waals surface area contributed by atoms with E-state index in [0.717, 1.165) is 22.4 Å². The van der Waals surface area contributed by atoms with Gasteiger partial charge in [0.25, 0.3) is 5.91 Å². The van der Waals surface area contributed by atoms with Crippen molar-refractivity contribution in [2.24, 2.45) is 0 Å². The molecule has 7 heteroatoms. The standard InChI is InChI=1S/C22H24N4O3/c1-15(26-14-16-7-3-4-8-17(16)22(26)28)21(27)23-13-20-24-18-9-5-6-10-19(18)25(20)11-12-29-2/h3-10,15H,11-14H2,1-2H3,(H,23,27)/t15-/m0/s1. The lowest BCUT2D eigenvalue weighted by Crippen LogP contribution is -2.45. The smallest absolute Gasteiger partial charge is 0.255 e. The van der Waals surface area contributed by atoms with Crippen LogP contribution in [0.15, 0.2) is 48.5 Å². The summed E-state index contributed by atoms with van der Waals surface area (Å²) in [5.41, 5.74) is 3.52. The molecular weight excluding hydrogens is 368 g/mol. The number of carbonyl (C=O) groups is 2. The number of amides is 2. The van der Waals surface area contributed by atoms with Gasteiger partial charge in [0, 0.05) is 25.8 Å². The van der Waals surface area contributed by atoms with Crippen molar-refractivity contribution in [1.29, 1.82) is 0 Å². The molecule has 1 aromatic heterocycles. The number of methoxy groups -OCH3 is 1. The minimum atomic E-state index is -0.563. The number of hydrogen-bond acceptors (Lipinski definition) is 4. The van der Waals surface area contributed by atoms with Crippen LogP contribution < -0.4 is 5.32 Å². The van der Waals surface area contributed by atoms with Gasteiger partial charge in [0.1, 0.15) is 11.9 Å². The zero-order chi connectivity index (χ0) is 20.4. The van der Waals surface area contributed by atoms with E-state index in [1.165, 1.54) is 0 Å². The first-order chi connectivity index (χ1) is 14.1. The van der Waals surface area contributed by atoms with Crippen molar-refractivity contribution < 1.29 is 14.3 Å². The topological polar surface area (TPSA) is 76.5 Å². The Kier molecular flexibility index (Phi) is 5.31. The predicted molar refractivity (Wildman–Crippen MR) is 109 cm³/mol. The van der Waals surface area contributed by atoms with Crippen molar-refractivity contribution in [1.82, 2.24) is 19.8 Å². The van der Waals surface area contributed by atoms with Gasteiger partial charge in [-0.3, -0.25) is 9.59 Å². The molecule has 150 valence electrons. The number of ether oxygens (including phenoxy) is 1. The molecule has 2 amide bonds. The van der Waals surface area contributed by atoms with Crippen LogP contribution in [-0.2, 0) is 29.2 Å². The van der Waals surface area contributed by atoms with Gasteiger partial charge in [-0.05, 0) is 30.7 Å². The maximum absolute atomic E-state index is 12.8. The van der Waals surface area contributed by atoms with Crippen molar-refractivity contribution in [2.75, 3.05) is 13.7 Å². The Morgan fingerprint density at radius 1 is 1.21 bits per heavy atom. The normalized spacial score (nSPS) is 14.3. The van der Waals surface area contributed by atoms with Gasteiger partial charge in [-0.2, -0.15) is 0 Å². The van der Waals surface area contributed by atoms with Crippen molar-refractivity contribution in [3.8, 4) is 0 Å². The second kappa shape index (κ2) is 8.05. The van der Waals surface area contributed by atoms with Crippen LogP contribution in [0.5, 0.6) is 0 Å². The summed E-state index contributed by atoms with van der Waals surface area (Å²) >= 11 is 0. The van der Waals surface area contributed by atoms with E-state index < -0.39 is 6.04 Å². The molecule has 1 aliphatic heterocycles. The first kappa shape index (κ1) is 19.1. The van der Waals surface area contributed by atoms with Crippen LogP contribution in [0.25, 0.3) is 11.0 Å². The third-order valence-electron chi connectivity index (χ3n) is 5.37. The molecule has 7 nitrogen and oxygen atoms in total. The number of imidazole rings is 1. The number of benzene rings is 2. The Hall–Kier alpha value is -3.19. The molecule has 0 unspecified atom stereocenters. The first-order valence-electron chi connectivity index (χ1n) is 9.70. The van der Waals surface area contributed by atoms with Gasteiger partial charge in [0.2, 0.25) is 5.91 Å². The molecule has 0 fully saturated rings.